The van der Waals surface area contributed by atoms with Gasteiger partial charge in [-0.25, -0.2) is 9.36 Å². The maximum Gasteiger partial charge on any atom is 0.419 e. The van der Waals surface area contributed by atoms with Crippen molar-refractivity contribution in [2.75, 3.05) is 0 Å². The van der Waals surface area contributed by atoms with E-state index in [1.165, 1.54) is 27.2 Å². The molecule has 0 saturated carbocycles. The molecular formula is C52H27NO6S2. The van der Waals surface area contributed by atoms with Gasteiger partial charge in [-0.15, -0.1) is 22.7 Å². The summed E-state index contributed by atoms with van der Waals surface area (Å²) in [5.41, 5.74) is 3.52. The fourth-order valence-corrected chi connectivity index (χ4v) is 11.1. The molecule has 7 aromatic carbocycles. The van der Waals surface area contributed by atoms with Crippen molar-refractivity contribution >= 4 is 128 Å². The fourth-order valence-electron chi connectivity index (χ4n) is 8.78. The van der Waals surface area contributed by atoms with Gasteiger partial charge in [0.05, 0.1) is 31.6 Å². The zero-order valence-corrected chi connectivity index (χ0v) is 33.5. The second-order valence-corrected chi connectivity index (χ2v) is 17.6. The first-order valence-corrected chi connectivity index (χ1v) is 21.2. The summed E-state index contributed by atoms with van der Waals surface area (Å²) in [5, 5.41) is 7.69. The van der Waals surface area contributed by atoms with E-state index in [1.807, 2.05) is 103 Å². The Morgan fingerprint density at radius 3 is 1.20 bits per heavy atom. The van der Waals surface area contributed by atoms with Crippen molar-refractivity contribution < 1.29 is 28.7 Å². The van der Waals surface area contributed by atoms with Crippen molar-refractivity contribution in [3.05, 3.63) is 188 Å². The zero-order chi connectivity index (χ0) is 41.1. The van der Waals surface area contributed by atoms with Crippen LogP contribution in [0.4, 0.5) is 4.79 Å². The van der Waals surface area contributed by atoms with Gasteiger partial charge in [0, 0.05) is 32.0 Å². The molecule has 3 heterocycles. The molecule has 0 saturated heterocycles. The first-order chi connectivity index (χ1) is 29.8. The lowest BCUT2D eigenvalue weighted by Gasteiger charge is -2.07. The number of ketones is 4. The number of hydrogen-bond acceptors (Lipinski definition) is 8. The second kappa shape index (κ2) is 13.2. The van der Waals surface area contributed by atoms with Gasteiger partial charge in [0.2, 0.25) is 0 Å². The van der Waals surface area contributed by atoms with E-state index in [9.17, 15) is 24.0 Å². The van der Waals surface area contributed by atoms with Crippen LogP contribution in [0.5, 0.6) is 0 Å². The molecule has 12 rings (SSSR count). The normalized spacial score (nSPS) is 13.8. The van der Waals surface area contributed by atoms with E-state index < -0.39 is 6.09 Å². The molecule has 0 amide bonds. The highest BCUT2D eigenvalue weighted by molar-refractivity contribution is 7.28. The standard InChI is InChI=1S/C52H27NO6S2/c54-46-38-18-32-14-28-10-4-5-11-29(28)15-33(32)19-39(38)47(55)42(46)22-36-24-44-50(60-36)51-45(53(44)52(58)59-26-27-8-2-1-3-9-27)25-37(61-51)23-43-48(56)40-20-34-16-30-12-6-7-13-31(30)17-35(34)21-41(40)49(43)57/h1-25H,26H2. The summed E-state index contributed by atoms with van der Waals surface area (Å²) in [7, 11) is 0. The lowest BCUT2D eigenvalue weighted by Crippen LogP contribution is -2.13. The highest BCUT2D eigenvalue weighted by Crippen LogP contribution is 2.43. The molecule has 0 aliphatic heterocycles. The van der Waals surface area contributed by atoms with Crippen LogP contribution in [0.2, 0.25) is 0 Å². The quantitative estimate of drug-likeness (QED) is 0.0995. The SMILES string of the molecule is O=C1C(=Cc2cc3c(s2)c2sc(C=C4C(=O)c5cc6cc7ccccc7cc6cc5C4=O)cc2n3C(=O)OCc2ccccc2)C(=O)c2cc3cc4ccccc4cc3cc21. The maximum absolute atomic E-state index is 14.0. The zero-order valence-electron chi connectivity index (χ0n) is 31.9. The van der Waals surface area contributed by atoms with E-state index in [1.54, 1.807) is 48.6 Å². The number of hydrogen-bond donors (Lipinski definition) is 0. The van der Waals surface area contributed by atoms with Gasteiger partial charge in [-0.1, -0.05) is 78.9 Å². The summed E-state index contributed by atoms with van der Waals surface area (Å²) < 4.78 is 8.82. The Morgan fingerprint density at radius 1 is 0.459 bits per heavy atom. The summed E-state index contributed by atoms with van der Waals surface area (Å²) in [5.74, 6) is -1.38. The number of aromatic nitrogens is 1. The van der Waals surface area contributed by atoms with E-state index in [2.05, 4.69) is 0 Å². The Kier molecular flexibility index (Phi) is 7.66. The molecule has 7 nitrogen and oxygen atoms in total. The van der Waals surface area contributed by atoms with Crippen molar-refractivity contribution in [2.45, 2.75) is 6.61 Å². The van der Waals surface area contributed by atoms with Crippen LogP contribution in [0.3, 0.4) is 0 Å². The van der Waals surface area contributed by atoms with Gasteiger partial charge in [0.15, 0.2) is 23.1 Å². The third-order valence-electron chi connectivity index (χ3n) is 11.8. The number of carbonyl (C=O) groups is 5. The van der Waals surface area contributed by atoms with Gasteiger partial charge in [-0.05, 0) is 121 Å². The maximum atomic E-state index is 14.0. The van der Waals surface area contributed by atoms with Crippen LogP contribution < -0.4 is 0 Å². The van der Waals surface area contributed by atoms with Crippen molar-refractivity contribution in [1.82, 2.24) is 4.57 Å². The van der Waals surface area contributed by atoms with Crippen LogP contribution in [-0.2, 0) is 11.3 Å². The Bertz CT molecular complexity index is 3380. The van der Waals surface area contributed by atoms with Crippen LogP contribution in [0.1, 0.15) is 56.7 Å². The molecule has 0 N–H and O–H groups in total. The lowest BCUT2D eigenvalue weighted by atomic mass is 9.99. The number of Topliss-reactive ketones (excluding diaryl/α,β-unsaturated/α-hetero) is 4. The van der Waals surface area contributed by atoms with Gasteiger partial charge in [0.1, 0.15) is 6.61 Å². The number of rotatable bonds is 4. The van der Waals surface area contributed by atoms with E-state index in [4.69, 9.17) is 4.74 Å². The van der Waals surface area contributed by atoms with Crippen LogP contribution in [0.15, 0.2) is 151 Å². The van der Waals surface area contributed by atoms with Crippen molar-refractivity contribution in [2.24, 2.45) is 0 Å². The van der Waals surface area contributed by atoms with Crippen molar-refractivity contribution in [3.8, 4) is 0 Å². The van der Waals surface area contributed by atoms with Gasteiger partial charge in [-0.3, -0.25) is 19.2 Å². The molecule has 10 aromatic rings. The van der Waals surface area contributed by atoms with E-state index in [0.717, 1.165) is 58.1 Å². The minimum absolute atomic E-state index is 0.0410. The van der Waals surface area contributed by atoms with Crippen LogP contribution in [-0.4, -0.2) is 33.8 Å². The van der Waals surface area contributed by atoms with E-state index in [0.29, 0.717) is 43.0 Å². The number of benzene rings is 7. The Balaban J connectivity index is 0.943. The summed E-state index contributed by atoms with van der Waals surface area (Å²) in [4.78, 5) is 70.8. The first kappa shape index (κ1) is 35.4. The first-order valence-electron chi connectivity index (χ1n) is 19.6. The average Bonchev–Trinajstić information content (AvgIpc) is 4.05. The van der Waals surface area contributed by atoms with Crippen molar-refractivity contribution in [3.63, 3.8) is 0 Å². The fraction of sp³-hybridized carbons (Fsp3) is 0.0192. The Hall–Kier alpha value is -7.59. The molecule has 3 aromatic heterocycles. The predicted molar refractivity (Wildman–Crippen MR) is 243 cm³/mol. The molecule has 2 aliphatic carbocycles. The molecule has 0 fully saturated rings. The monoisotopic (exact) mass is 825 g/mol. The third kappa shape index (κ3) is 5.51. The summed E-state index contributed by atoms with van der Waals surface area (Å²) in [6.07, 6.45) is 2.61. The van der Waals surface area contributed by atoms with E-state index >= 15 is 0 Å². The minimum atomic E-state index is -0.614. The highest BCUT2D eigenvalue weighted by atomic mass is 32.1. The molecule has 0 atom stereocenters. The summed E-state index contributed by atoms with van der Waals surface area (Å²) in [6, 6.07) is 44.2. The molecule has 61 heavy (non-hydrogen) atoms. The van der Waals surface area contributed by atoms with Crippen LogP contribution >= 0.6 is 22.7 Å². The van der Waals surface area contributed by atoms with Gasteiger partial charge >= 0.3 is 6.09 Å². The largest absolute Gasteiger partial charge is 0.444 e. The van der Waals surface area contributed by atoms with Crippen molar-refractivity contribution in [1.29, 1.82) is 0 Å². The number of thiophene rings is 2. The smallest absolute Gasteiger partial charge is 0.419 e. The molecule has 2 aliphatic rings. The number of ether oxygens (including phenoxy) is 1. The summed E-state index contributed by atoms with van der Waals surface area (Å²) >= 11 is 2.70. The molecule has 0 radical (unpaired) electrons. The summed E-state index contributed by atoms with van der Waals surface area (Å²) in [6.45, 7) is 0.0410. The highest BCUT2D eigenvalue weighted by Gasteiger charge is 2.35. The minimum Gasteiger partial charge on any atom is -0.444 e. The number of fused-ring (bicyclic) bond motifs is 9. The second-order valence-electron chi connectivity index (χ2n) is 15.4. The molecule has 0 bridgehead atoms. The van der Waals surface area contributed by atoms with E-state index in [-0.39, 0.29) is 40.9 Å². The Labute approximate surface area is 354 Å². The third-order valence-corrected chi connectivity index (χ3v) is 14.1. The molecule has 0 spiro atoms. The molecule has 288 valence electrons. The number of allylic oxidation sites excluding steroid dienone is 2. The van der Waals surface area contributed by atoms with Gasteiger partial charge in [0.25, 0.3) is 0 Å². The number of nitrogens with zero attached hydrogens (tertiary/aromatic N) is 1. The van der Waals surface area contributed by atoms with Gasteiger partial charge in [-0.2, -0.15) is 0 Å². The predicted octanol–water partition coefficient (Wildman–Crippen LogP) is 12.6. The Morgan fingerprint density at radius 2 is 0.820 bits per heavy atom. The molecule has 9 heteroatoms. The van der Waals surface area contributed by atoms with Crippen LogP contribution in [0, 0.1) is 0 Å². The lowest BCUT2D eigenvalue weighted by molar-refractivity contribution is 0.0975. The topological polar surface area (TPSA) is 99.5 Å². The molecule has 0 unspecified atom stereocenters. The molecular weight excluding hydrogens is 799 g/mol. The number of carbonyl (C=O) groups excluding carboxylic acids is 5. The van der Waals surface area contributed by atoms with Crippen LogP contribution in [0.25, 0.3) is 75.7 Å². The van der Waals surface area contributed by atoms with Gasteiger partial charge < -0.3 is 4.74 Å². The average molecular weight is 826 g/mol.